The lowest BCUT2D eigenvalue weighted by atomic mass is 9.93. The van der Waals surface area contributed by atoms with Crippen molar-refractivity contribution in [2.24, 2.45) is 5.92 Å². The fourth-order valence-electron chi connectivity index (χ4n) is 2.85. The van der Waals surface area contributed by atoms with Gasteiger partial charge in [0.25, 0.3) is 5.56 Å². The van der Waals surface area contributed by atoms with Crippen LogP contribution < -0.4 is 10.9 Å². The fourth-order valence-corrected chi connectivity index (χ4v) is 2.85. The summed E-state index contributed by atoms with van der Waals surface area (Å²) in [6.45, 7) is 4.29. The van der Waals surface area contributed by atoms with Crippen molar-refractivity contribution in [3.05, 3.63) is 27.9 Å². The van der Waals surface area contributed by atoms with Crippen LogP contribution >= 0.6 is 0 Å². The summed E-state index contributed by atoms with van der Waals surface area (Å²) in [5.41, 5.74) is 0.416. The molecule has 2 rings (SSSR count). The fraction of sp³-hybridized carbons (Fsp3) is 0.667. The molecule has 1 atom stereocenters. The van der Waals surface area contributed by atoms with Gasteiger partial charge in [0, 0.05) is 19.0 Å². The number of H-pyrrole nitrogens is 1. The Balaban J connectivity index is 1.73. The minimum Gasteiger partial charge on any atom is -0.350 e. The average molecular weight is 292 g/mol. The van der Waals surface area contributed by atoms with E-state index in [-0.39, 0.29) is 11.5 Å². The first-order chi connectivity index (χ1) is 10.0. The quantitative estimate of drug-likeness (QED) is 0.842. The van der Waals surface area contributed by atoms with Crippen LogP contribution in [0.3, 0.4) is 0 Å². The summed E-state index contributed by atoms with van der Waals surface area (Å²) in [6, 6.07) is 1.42. The van der Waals surface area contributed by atoms with Gasteiger partial charge in [0.15, 0.2) is 0 Å². The zero-order valence-electron chi connectivity index (χ0n) is 12.8. The molecule has 1 aromatic rings. The molecule has 1 amide bonds. The largest absolute Gasteiger partial charge is 0.350 e. The first-order valence-electron chi connectivity index (χ1n) is 7.55. The van der Waals surface area contributed by atoms with Gasteiger partial charge in [-0.2, -0.15) is 0 Å². The lowest BCUT2D eigenvalue weighted by Crippen LogP contribution is -2.33. The van der Waals surface area contributed by atoms with Gasteiger partial charge in [-0.15, -0.1) is 0 Å². The molecule has 0 radical (unpaired) electrons. The molecule has 116 valence electrons. The van der Waals surface area contributed by atoms with Gasteiger partial charge in [-0.05, 0) is 45.7 Å². The molecule has 1 aliphatic heterocycles. The molecule has 0 saturated carbocycles. The summed E-state index contributed by atoms with van der Waals surface area (Å²) < 4.78 is 0. The number of likely N-dealkylation sites (tertiary alicyclic amines) is 1. The second-order valence-corrected chi connectivity index (χ2v) is 5.91. The normalized spacial score (nSPS) is 19.4. The number of rotatable bonds is 5. The molecule has 1 aromatic heterocycles. The van der Waals surface area contributed by atoms with Gasteiger partial charge >= 0.3 is 0 Å². The highest BCUT2D eigenvalue weighted by atomic mass is 16.1. The third-order valence-corrected chi connectivity index (χ3v) is 3.88. The van der Waals surface area contributed by atoms with E-state index < -0.39 is 0 Å². The number of aryl methyl sites for hydroxylation is 1. The third-order valence-electron chi connectivity index (χ3n) is 3.88. The van der Waals surface area contributed by atoms with E-state index in [1.54, 1.807) is 6.92 Å². The van der Waals surface area contributed by atoms with Crippen LogP contribution in [-0.2, 0) is 11.3 Å². The summed E-state index contributed by atoms with van der Waals surface area (Å²) in [4.78, 5) is 32.3. The van der Waals surface area contributed by atoms with Crippen LogP contribution in [0.5, 0.6) is 0 Å². The minimum atomic E-state index is -0.183. The van der Waals surface area contributed by atoms with Crippen molar-refractivity contribution in [3.63, 3.8) is 0 Å². The molecule has 21 heavy (non-hydrogen) atoms. The number of hydrogen-bond donors (Lipinski definition) is 2. The lowest BCUT2D eigenvalue weighted by molar-refractivity contribution is -0.121. The van der Waals surface area contributed by atoms with E-state index in [0.29, 0.717) is 30.4 Å². The van der Waals surface area contributed by atoms with Crippen molar-refractivity contribution in [1.82, 2.24) is 20.2 Å². The van der Waals surface area contributed by atoms with Crippen molar-refractivity contribution in [1.29, 1.82) is 0 Å². The molecule has 2 N–H and O–H groups in total. The standard InChI is InChI=1S/C15H24N4O2/c1-11-17-13(8-15(21)18-11)9-16-14(20)6-5-12-4-3-7-19(2)10-12/h8,12H,3-7,9-10H2,1-2H3,(H,16,20)(H,17,18,21)/t12-/m0/s1. The highest BCUT2D eigenvalue weighted by Crippen LogP contribution is 2.19. The van der Waals surface area contributed by atoms with Crippen LogP contribution in [0.4, 0.5) is 0 Å². The van der Waals surface area contributed by atoms with Crippen molar-refractivity contribution in [2.45, 2.75) is 39.2 Å². The smallest absolute Gasteiger partial charge is 0.251 e. The molecule has 1 saturated heterocycles. The zero-order valence-corrected chi connectivity index (χ0v) is 12.8. The van der Waals surface area contributed by atoms with E-state index in [2.05, 4.69) is 27.2 Å². The number of hydrogen-bond acceptors (Lipinski definition) is 4. The summed E-state index contributed by atoms with van der Waals surface area (Å²) in [6.07, 6.45) is 3.91. The monoisotopic (exact) mass is 292 g/mol. The summed E-state index contributed by atoms with van der Waals surface area (Å²) >= 11 is 0. The number of nitrogens with zero attached hydrogens (tertiary/aromatic N) is 2. The van der Waals surface area contributed by atoms with Gasteiger partial charge in [-0.25, -0.2) is 4.98 Å². The number of carbonyl (C=O) groups is 1. The Morgan fingerprint density at radius 2 is 2.38 bits per heavy atom. The number of nitrogens with one attached hydrogen (secondary N) is 2. The molecule has 1 fully saturated rings. The molecule has 6 heteroatoms. The number of amides is 1. The van der Waals surface area contributed by atoms with Gasteiger partial charge in [0.2, 0.25) is 5.91 Å². The molecule has 0 aliphatic carbocycles. The highest BCUT2D eigenvalue weighted by Gasteiger charge is 2.17. The second-order valence-electron chi connectivity index (χ2n) is 5.91. The maximum atomic E-state index is 11.9. The van der Waals surface area contributed by atoms with Gasteiger partial charge in [-0.1, -0.05) is 0 Å². The van der Waals surface area contributed by atoms with Crippen LogP contribution in [0.2, 0.25) is 0 Å². The summed E-state index contributed by atoms with van der Waals surface area (Å²) in [5.74, 6) is 1.22. The lowest BCUT2D eigenvalue weighted by Gasteiger charge is -2.29. The zero-order chi connectivity index (χ0) is 15.2. The minimum absolute atomic E-state index is 0.0305. The van der Waals surface area contributed by atoms with Gasteiger partial charge in [-0.3, -0.25) is 9.59 Å². The molecular weight excluding hydrogens is 268 g/mol. The molecule has 1 aliphatic rings. The van der Waals surface area contributed by atoms with Crippen LogP contribution in [0.25, 0.3) is 0 Å². The van der Waals surface area contributed by atoms with E-state index in [9.17, 15) is 9.59 Å². The Labute approximate surface area is 125 Å². The van der Waals surface area contributed by atoms with Gasteiger partial charge < -0.3 is 15.2 Å². The van der Waals surface area contributed by atoms with E-state index in [1.165, 1.54) is 18.9 Å². The number of aromatic nitrogens is 2. The number of piperidine rings is 1. The Bertz CT molecular complexity index is 541. The maximum Gasteiger partial charge on any atom is 0.251 e. The number of aromatic amines is 1. The molecule has 0 bridgehead atoms. The molecule has 0 aromatic carbocycles. The maximum absolute atomic E-state index is 11.9. The Morgan fingerprint density at radius 1 is 1.57 bits per heavy atom. The van der Waals surface area contributed by atoms with Crippen molar-refractivity contribution >= 4 is 5.91 Å². The summed E-state index contributed by atoms with van der Waals surface area (Å²) in [5, 5.41) is 2.84. The molecule has 2 heterocycles. The van der Waals surface area contributed by atoms with Gasteiger partial charge in [0.05, 0.1) is 12.2 Å². The van der Waals surface area contributed by atoms with Crippen LogP contribution in [0.15, 0.2) is 10.9 Å². The first-order valence-corrected chi connectivity index (χ1v) is 7.55. The molecule has 0 spiro atoms. The highest BCUT2D eigenvalue weighted by molar-refractivity contribution is 5.75. The van der Waals surface area contributed by atoms with Crippen LogP contribution in [0, 0.1) is 12.8 Å². The van der Waals surface area contributed by atoms with Crippen molar-refractivity contribution < 1.29 is 4.79 Å². The molecule has 6 nitrogen and oxygen atoms in total. The van der Waals surface area contributed by atoms with E-state index in [4.69, 9.17) is 0 Å². The van der Waals surface area contributed by atoms with Crippen LogP contribution in [-0.4, -0.2) is 40.9 Å². The predicted molar refractivity (Wildman–Crippen MR) is 80.9 cm³/mol. The SMILES string of the molecule is Cc1nc(CNC(=O)CC[C@@H]2CCCN(C)C2)cc(=O)[nH]1. The average Bonchev–Trinajstić information content (AvgIpc) is 2.42. The van der Waals surface area contributed by atoms with E-state index in [1.807, 2.05) is 0 Å². The van der Waals surface area contributed by atoms with Crippen molar-refractivity contribution in [2.75, 3.05) is 20.1 Å². The Morgan fingerprint density at radius 3 is 3.10 bits per heavy atom. The Kier molecular flexibility index (Phi) is 5.50. The first kappa shape index (κ1) is 15.7. The van der Waals surface area contributed by atoms with E-state index >= 15 is 0 Å². The van der Waals surface area contributed by atoms with Crippen molar-refractivity contribution in [3.8, 4) is 0 Å². The van der Waals surface area contributed by atoms with Crippen LogP contribution in [0.1, 0.15) is 37.2 Å². The predicted octanol–water partition coefficient (Wildman–Crippen LogP) is 0.817. The van der Waals surface area contributed by atoms with Gasteiger partial charge in [0.1, 0.15) is 5.82 Å². The second kappa shape index (κ2) is 7.36. The van der Waals surface area contributed by atoms with E-state index in [0.717, 1.165) is 19.5 Å². The molecule has 0 unspecified atom stereocenters. The summed E-state index contributed by atoms with van der Waals surface area (Å²) in [7, 11) is 2.13. The topological polar surface area (TPSA) is 78.1 Å². The number of carbonyl (C=O) groups excluding carboxylic acids is 1. The molecular formula is C15H24N4O2. The third kappa shape index (κ3) is 5.30. The Hall–Kier alpha value is -1.69.